The predicted octanol–water partition coefficient (Wildman–Crippen LogP) is 4.57. The number of imide groups is 2. The highest BCUT2D eigenvalue weighted by Gasteiger charge is 2.33. The summed E-state index contributed by atoms with van der Waals surface area (Å²) >= 11 is 0. The summed E-state index contributed by atoms with van der Waals surface area (Å²) < 4.78 is 340. The van der Waals surface area contributed by atoms with Crippen molar-refractivity contribution in [2.45, 2.75) is 76.6 Å². The fourth-order valence-corrected chi connectivity index (χ4v) is 17.9. The quantitative estimate of drug-likeness (QED) is 0.0465. The molecule has 524 valence electrons. The summed E-state index contributed by atoms with van der Waals surface area (Å²) in [7, 11) is -53.9. The third kappa shape index (κ3) is 16.0. The summed E-state index contributed by atoms with van der Waals surface area (Å²) in [6.07, 6.45) is 0. The molecule has 37 nitrogen and oxygen atoms in total. The summed E-state index contributed by atoms with van der Waals surface area (Å²) in [4.78, 5) is 28.1. The summed E-state index contributed by atoms with van der Waals surface area (Å²) in [5.74, 6) is -3.17. The van der Waals surface area contributed by atoms with Crippen LogP contribution in [0.15, 0.2) is 158 Å². The van der Waals surface area contributed by atoms with E-state index in [0.717, 1.165) is 24.3 Å². The Morgan fingerprint density at radius 3 is 0.867 bits per heavy atom. The first-order valence-corrected chi connectivity index (χ1v) is 40.3. The molecular formula is C51H44N6O31S10. The number of carbonyl (C=O) groups excluding carboxylic acids is 3. The van der Waals surface area contributed by atoms with E-state index in [4.69, 9.17) is 0 Å². The van der Waals surface area contributed by atoms with Gasteiger partial charge in [-0.15, -0.1) is 0 Å². The van der Waals surface area contributed by atoms with Gasteiger partial charge < -0.3 is 10.6 Å². The van der Waals surface area contributed by atoms with Crippen molar-refractivity contribution < 1.29 is 135 Å². The van der Waals surface area contributed by atoms with E-state index in [9.17, 15) is 135 Å². The lowest BCUT2D eigenvalue weighted by atomic mass is 10.1. The number of rotatable bonds is 20. The van der Waals surface area contributed by atoms with Crippen LogP contribution in [-0.2, 0) is 101 Å². The Hall–Kier alpha value is -8.73. The van der Waals surface area contributed by atoms with Gasteiger partial charge in [0.05, 0.1) is 31.0 Å². The van der Waals surface area contributed by atoms with Gasteiger partial charge in [0, 0.05) is 55.4 Å². The first-order valence-electron chi connectivity index (χ1n) is 25.8. The summed E-state index contributed by atoms with van der Waals surface area (Å²) in [5.41, 5.74) is -5.20. The largest absolute Gasteiger partial charge is 0.355 e. The lowest BCUT2D eigenvalue weighted by Gasteiger charge is -2.19. The van der Waals surface area contributed by atoms with Crippen molar-refractivity contribution in [2.24, 2.45) is 0 Å². The smallest absolute Gasteiger partial charge is 0.328 e. The molecule has 0 atom stereocenters. The van der Waals surface area contributed by atoms with Crippen LogP contribution in [0.25, 0.3) is 21.5 Å². The number of urea groups is 1. The van der Waals surface area contributed by atoms with Crippen molar-refractivity contribution in [1.29, 1.82) is 0 Å². The van der Waals surface area contributed by atoms with Crippen molar-refractivity contribution in [2.75, 3.05) is 20.1 Å². The van der Waals surface area contributed by atoms with E-state index in [2.05, 4.69) is 10.6 Å². The predicted molar refractivity (Wildman–Crippen MR) is 340 cm³/mol. The van der Waals surface area contributed by atoms with E-state index in [-0.39, 0.29) is 45.8 Å². The van der Waals surface area contributed by atoms with Crippen LogP contribution in [0, 0.1) is 27.7 Å². The third-order valence-electron chi connectivity index (χ3n) is 13.9. The molecule has 4 amide bonds. The molecule has 0 spiro atoms. The lowest BCUT2D eigenvalue weighted by molar-refractivity contribution is 0.0943. The number of carbonyl (C=O) groups is 3. The van der Waals surface area contributed by atoms with Crippen LogP contribution in [-0.4, -0.2) is 138 Å². The molecule has 8 aromatic rings. The van der Waals surface area contributed by atoms with Crippen LogP contribution in [0.4, 0.5) is 38.9 Å². The molecule has 8 aromatic carbocycles. The second-order valence-corrected chi connectivity index (χ2v) is 35.2. The molecule has 0 aromatic heterocycles. The van der Waals surface area contributed by atoms with E-state index in [1.165, 1.54) is 39.8 Å². The molecule has 8 rings (SSSR count). The molecule has 0 bridgehead atoms. The number of nitrogens with one attached hydrogen (secondary N) is 6. The zero-order valence-corrected chi connectivity index (χ0v) is 57.1. The Bertz CT molecular complexity index is 5760. The number of benzene rings is 8. The van der Waals surface area contributed by atoms with E-state index in [0.29, 0.717) is 60.7 Å². The van der Waals surface area contributed by atoms with E-state index >= 15 is 0 Å². The molecule has 0 saturated carbocycles. The second-order valence-electron chi connectivity index (χ2n) is 20.7. The van der Waals surface area contributed by atoms with Crippen LogP contribution >= 0.6 is 0 Å². The van der Waals surface area contributed by atoms with Crippen LogP contribution in [0.3, 0.4) is 0 Å². The summed E-state index contributed by atoms with van der Waals surface area (Å²) in [5, 5.41) is 4.95. The lowest BCUT2D eigenvalue weighted by Crippen LogP contribution is -2.42. The van der Waals surface area contributed by atoms with E-state index < -0.39 is 223 Å². The SMILES string of the molecule is Cc1cc(C)c(S(=O)(=O)Nc2ccc(C(=O)NC(=O)NC(=O)c3ccc(NS(=O)(=O)c4cc(Nc5ccc(S(=O)(=O)O)c6cc(S(=O)(=O)O)cc(S(=O)(=O)O)c56)c(C)cc4C)c(S(=O)(=O)O)c3)cc2S(=O)(=O)O)cc1Nc1ccc(S(=O)(=O)O)c2cc(S(=O)(=O)O)cc(S(=O)(=O)O)c12. The monoisotopic (exact) mass is 1560 g/mol. The Labute approximate surface area is 555 Å². The van der Waals surface area contributed by atoms with Crippen LogP contribution < -0.4 is 30.7 Å². The summed E-state index contributed by atoms with van der Waals surface area (Å²) in [6, 6.07) is 9.86. The molecule has 98 heavy (non-hydrogen) atoms. The van der Waals surface area contributed by atoms with Crippen molar-refractivity contribution >= 4 is 175 Å². The number of sulfonamides is 2. The fourth-order valence-electron chi connectivity index (χ4n) is 9.66. The van der Waals surface area contributed by atoms with Gasteiger partial charge in [0.1, 0.15) is 29.4 Å². The molecule has 0 aliphatic rings. The maximum Gasteiger partial charge on any atom is 0.328 e. The highest BCUT2D eigenvalue weighted by atomic mass is 32.3. The van der Waals surface area contributed by atoms with Gasteiger partial charge in [-0.1, -0.05) is 12.1 Å². The van der Waals surface area contributed by atoms with Crippen molar-refractivity contribution in [3.8, 4) is 0 Å². The van der Waals surface area contributed by atoms with E-state index in [1.807, 2.05) is 9.44 Å². The van der Waals surface area contributed by atoms with Crippen molar-refractivity contribution in [1.82, 2.24) is 10.6 Å². The molecule has 0 aliphatic heterocycles. The maximum atomic E-state index is 14.1. The molecule has 0 saturated heterocycles. The Morgan fingerprint density at radius 2 is 0.582 bits per heavy atom. The molecule has 14 N–H and O–H groups in total. The highest BCUT2D eigenvalue weighted by molar-refractivity contribution is 7.93. The van der Waals surface area contributed by atoms with Gasteiger partial charge in [-0.05, 0) is 147 Å². The van der Waals surface area contributed by atoms with Gasteiger partial charge in [-0.3, -0.25) is 66.1 Å². The standard InChI is InChI=1S/C51H44N6O31S10/c1-23-13-25(3)41(21-37(23)52-35-9-11-39(93(71,72)73)31-17-29(91(65,66)67)19-45(47(31)35)97(83,84)85)89(61,62)56-33-7-5-27(15-43(33)95(77,78)79)49(58)54-51(60)55-50(59)28-6-8-34(44(16-28)96(80,81)82)57-90(63,64)42-22-38(24(2)14-26(42)4)53-36-10-12-40(94(74,75)76)32-18-30(92(68,69)70)20-46(48(32)36)98(86,87)88/h5-22,52-53,56-57H,1-4H3,(H,65,66,67)(H,68,69,70)(H,71,72,73)(H,74,75,76)(H,77,78,79)(H,80,81,82)(H,83,84,85)(H,86,87,88)(H2,54,55,58,59,60). The minimum atomic E-state index is -5.58. The number of anilines is 6. The van der Waals surface area contributed by atoms with Gasteiger partial charge in [0.15, 0.2) is 0 Å². The van der Waals surface area contributed by atoms with Crippen molar-refractivity contribution in [3.63, 3.8) is 0 Å². The Kier molecular flexibility index (Phi) is 19.6. The van der Waals surface area contributed by atoms with Gasteiger partial charge in [0.2, 0.25) is 0 Å². The number of aryl methyl sites for hydroxylation is 4. The van der Waals surface area contributed by atoms with Crippen LogP contribution in [0.1, 0.15) is 43.0 Å². The third-order valence-corrected chi connectivity index (χ3v) is 23.9. The number of amides is 4. The highest BCUT2D eigenvalue weighted by Crippen LogP contribution is 2.42. The van der Waals surface area contributed by atoms with Gasteiger partial charge in [0.25, 0.3) is 113 Å². The Balaban J connectivity index is 1.03. The fraction of sp³-hybridized carbons (Fsp3) is 0.0784. The maximum absolute atomic E-state index is 14.1. The van der Waals surface area contributed by atoms with Crippen LogP contribution in [0.5, 0.6) is 0 Å². The average molecular weight is 1560 g/mol. The molecule has 47 heteroatoms. The zero-order chi connectivity index (χ0) is 73.7. The second kappa shape index (κ2) is 25.5. The minimum Gasteiger partial charge on any atom is -0.355 e. The van der Waals surface area contributed by atoms with Gasteiger partial charge in [-0.25, -0.2) is 21.6 Å². The van der Waals surface area contributed by atoms with Crippen molar-refractivity contribution in [3.05, 3.63) is 143 Å². The molecule has 0 unspecified atom stereocenters. The average Bonchev–Trinajstić information content (AvgIpc) is 0.743. The Morgan fingerprint density at radius 1 is 0.286 bits per heavy atom. The number of hydrogen-bond donors (Lipinski definition) is 14. The first-order chi connectivity index (χ1) is 44.5. The zero-order valence-electron chi connectivity index (χ0n) is 48.9. The number of fused-ring (bicyclic) bond motifs is 2. The minimum absolute atomic E-state index is 0.108. The van der Waals surface area contributed by atoms with Gasteiger partial charge in [-0.2, -0.15) is 67.3 Å². The summed E-state index contributed by atoms with van der Waals surface area (Å²) in [6.45, 7) is 5.17. The molecule has 0 radical (unpaired) electrons. The number of hydrogen-bond acceptors (Lipinski definition) is 25. The molecule has 0 heterocycles. The molecule has 0 aliphatic carbocycles. The topological polar surface area (TPSA) is 627 Å². The molecular weight excluding hydrogens is 1510 g/mol. The van der Waals surface area contributed by atoms with Gasteiger partial charge >= 0.3 is 6.03 Å². The first kappa shape index (κ1) is 75.0. The van der Waals surface area contributed by atoms with E-state index in [1.54, 1.807) is 10.6 Å². The van der Waals surface area contributed by atoms with Crippen LogP contribution in [0.2, 0.25) is 0 Å². The normalized spacial score (nSPS) is 13.0. The molecule has 0 fully saturated rings.